The van der Waals surface area contributed by atoms with Crippen LogP contribution in [0.1, 0.15) is 39.8 Å². The Morgan fingerprint density at radius 3 is 2.75 bits per heavy atom. The third-order valence-corrected chi connectivity index (χ3v) is 7.06. The topological polar surface area (TPSA) is 92.5 Å². The number of aromatic nitrogens is 2. The molecule has 210 valence electrons. The van der Waals surface area contributed by atoms with Crippen molar-refractivity contribution in [3.63, 3.8) is 0 Å². The van der Waals surface area contributed by atoms with Crippen LogP contribution in [0.3, 0.4) is 0 Å². The van der Waals surface area contributed by atoms with Gasteiger partial charge < -0.3 is 19.8 Å². The van der Waals surface area contributed by atoms with Gasteiger partial charge >= 0.3 is 6.18 Å². The summed E-state index contributed by atoms with van der Waals surface area (Å²) < 4.78 is 52.1. The molecular weight excluding hydrogens is 543 g/mol. The van der Waals surface area contributed by atoms with E-state index in [0.29, 0.717) is 24.7 Å². The number of likely N-dealkylation sites (N-methyl/N-ethyl adjacent to an activating group) is 1. The lowest BCUT2D eigenvalue weighted by Gasteiger charge is -2.18. The second-order valence-electron chi connectivity index (χ2n) is 9.07. The van der Waals surface area contributed by atoms with E-state index in [4.69, 9.17) is 15.6 Å². The lowest BCUT2D eigenvalue weighted by atomic mass is 10.1. The zero-order valence-corrected chi connectivity index (χ0v) is 22.9. The maximum absolute atomic E-state index is 13.6. The molecule has 3 heterocycles. The van der Waals surface area contributed by atoms with Crippen LogP contribution in [0.5, 0.6) is 0 Å². The second kappa shape index (κ2) is 12.5. The minimum atomic E-state index is -4.78. The number of halogens is 3. The van der Waals surface area contributed by atoms with E-state index >= 15 is 0 Å². The highest BCUT2D eigenvalue weighted by molar-refractivity contribution is 7.20. The average Bonchev–Trinajstić information content (AvgIpc) is 3.58. The van der Waals surface area contributed by atoms with Gasteiger partial charge in [0.15, 0.2) is 0 Å². The number of fused-ring (bicyclic) bond motifs is 1. The van der Waals surface area contributed by atoms with Crippen molar-refractivity contribution < 1.29 is 27.1 Å². The Labute approximate surface area is 233 Å². The minimum absolute atomic E-state index is 0.0118. The fourth-order valence-electron chi connectivity index (χ4n) is 4.01. The number of hydrogen-bond acceptors (Lipinski definition) is 8. The number of terminal acetylenes is 1. The lowest BCUT2D eigenvalue weighted by Crippen LogP contribution is -2.22. The summed E-state index contributed by atoms with van der Waals surface area (Å²) in [6.45, 7) is 3.79. The van der Waals surface area contributed by atoms with Gasteiger partial charge in [-0.3, -0.25) is 9.69 Å². The van der Waals surface area contributed by atoms with E-state index in [2.05, 4.69) is 31.4 Å². The number of hydrogen-bond donors (Lipinski definition) is 2. The number of furan rings is 1. The molecule has 1 atom stereocenters. The Hall–Kier alpha value is -3.92. The van der Waals surface area contributed by atoms with Crippen molar-refractivity contribution in [3.05, 3.63) is 64.5 Å². The molecule has 0 spiro atoms. The Balaban J connectivity index is 1.62. The maximum Gasteiger partial charge on any atom is 0.451 e. The number of methoxy groups -OCH3 is 1. The summed E-state index contributed by atoms with van der Waals surface area (Å²) in [5.41, 5.74) is 1.97. The van der Waals surface area contributed by atoms with Gasteiger partial charge in [-0.25, -0.2) is 9.97 Å². The summed E-state index contributed by atoms with van der Waals surface area (Å²) in [5, 5.41) is 5.81. The number of anilines is 1. The third-order valence-electron chi connectivity index (χ3n) is 6.03. The van der Waals surface area contributed by atoms with Gasteiger partial charge in [-0.15, -0.1) is 17.8 Å². The van der Waals surface area contributed by atoms with E-state index in [1.54, 1.807) is 20.1 Å². The minimum Gasteiger partial charge on any atom is -0.459 e. The lowest BCUT2D eigenvalue weighted by molar-refractivity contribution is -0.144. The molecule has 12 heteroatoms. The Kier molecular flexibility index (Phi) is 9.09. The molecule has 0 bridgehead atoms. The summed E-state index contributed by atoms with van der Waals surface area (Å²) in [6.07, 6.45) is 0.407. The average molecular weight is 572 g/mol. The highest BCUT2D eigenvalue weighted by atomic mass is 32.1. The van der Waals surface area contributed by atoms with Crippen LogP contribution in [-0.4, -0.2) is 54.6 Å². The van der Waals surface area contributed by atoms with Gasteiger partial charge in [0.2, 0.25) is 5.82 Å². The van der Waals surface area contributed by atoms with Crippen molar-refractivity contribution in [2.24, 2.45) is 0 Å². The number of benzene rings is 1. The zero-order chi connectivity index (χ0) is 28.9. The van der Waals surface area contributed by atoms with E-state index in [0.717, 1.165) is 29.0 Å². The first kappa shape index (κ1) is 29.1. The first-order valence-corrected chi connectivity index (χ1v) is 13.1. The molecule has 4 aromatic rings. The number of ether oxygens (including phenoxy) is 1. The van der Waals surface area contributed by atoms with E-state index in [1.807, 2.05) is 37.4 Å². The normalized spacial score (nSPS) is 12.4. The largest absolute Gasteiger partial charge is 0.459 e. The first-order valence-electron chi connectivity index (χ1n) is 12.3. The van der Waals surface area contributed by atoms with Gasteiger partial charge in [0.05, 0.1) is 29.5 Å². The van der Waals surface area contributed by atoms with Crippen LogP contribution < -0.4 is 10.6 Å². The molecular formula is C28H28F3N5O3S. The number of rotatable bonds is 11. The van der Waals surface area contributed by atoms with Crippen molar-refractivity contribution in [2.45, 2.75) is 25.7 Å². The number of amides is 1. The molecule has 3 aromatic heterocycles. The number of thiophene rings is 1. The van der Waals surface area contributed by atoms with Crippen molar-refractivity contribution in [3.8, 4) is 23.7 Å². The molecule has 1 unspecified atom stereocenters. The van der Waals surface area contributed by atoms with Gasteiger partial charge in [0.1, 0.15) is 22.2 Å². The van der Waals surface area contributed by atoms with Crippen LogP contribution in [-0.2, 0) is 17.5 Å². The fourth-order valence-corrected chi connectivity index (χ4v) is 4.96. The van der Waals surface area contributed by atoms with Gasteiger partial charge in [-0.2, -0.15) is 13.2 Å². The molecule has 2 N–H and O–H groups in total. The van der Waals surface area contributed by atoms with Crippen molar-refractivity contribution in [1.29, 1.82) is 0 Å². The third kappa shape index (κ3) is 6.80. The summed E-state index contributed by atoms with van der Waals surface area (Å²) in [7, 11) is 3.66. The summed E-state index contributed by atoms with van der Waals surface area (Å²) in [4.78, 5) is 22.1. The smallest absolute Gasteiger partial charge is 0.451 e. The fraction of sp³-hybridized carbons (Fsp3) is 0.321. The van der Waals surface area contributed by atoms with Crippen LogP contribution in [0.15, 0.2) is 46.9 Å². The van der Waals surface area contributed by atoms with Crippen LogP contribution in [0, 0.1) is 12.3 Å². The Morgan fingerprint density at radius 2 is 2.02 bits per heavy atom. The molecule has 4 rings (SSSR count). The highest BCUT2D eigenvalue weighted by Gasteiger charge is 2.36. The standard InChI is InChI=1S/C28H28F3N5O3S/c1-5-12-32-25(37)23-15-20-24(34-27(28(29,30)31)35-26(20)40-23)33-17(2)21-10-11-22(39-21)19-9-7-6-8-18(19)16-36(3)13-14-38-4/h1,6-11,15,17H,12-14,16H2,2-4H3,(H,32,37)(H,33,34,35). The number of alkyl halides is 3. The van der Waals surface area contributed by atoms with Crippen LogP contribution in [0.25, 0.3) is 21.5 Å². The van der Waals surface area contributed by atoms with Gasteiger partial charge in [-0.1, -0.05) is 30.2 Å². The SMILES string of the molecule is C#CCNC(=O)c1cc2c(NC(C)c3ccc(-c4ccccc4CN(C)CCOC)o3)nc(C(F)(F)F)nc2s1. The molecule has 1 aromatic carbocycles. The molecule has 0 radical (unpaired) electrons. The van der Waals surface area contributed by atoms with Crippen molar-refractivity contribution in [2.75, 3.05) is 39.2 Å². The molecule has 0 saturated heterocycles. The Morgan fingerprint density at radius 1 is 1.25 bits per heavy atom. The molecule has 0 saturated carbocycles. The summed E-state index contributed by atoms with van der Waals surface area (Å²) in [5.74, 6) is 1.55. The number of nitrogens with zero attached hydrogens (tertiary/aromatic N) is 3. The predicted octanol–water partition coefficient (Wildman–Crippen LogP) is 5.58. The maximum atomic E-state index is 13.6. The summed E-state index contributed by atoms with van der Waals surface area (Å²) >= 11 is 0.829. The van der Waals surface area contributed by atoms with Crippen LogP contribution >= 0.6 is 11.3 Å². The number of carbonyl (C=O) groups is 1. The van der Waals surface area contributed by atoms with Crippen LogP contribution in [0.2, 0.25) is 0 Å². The zero-order valence-electron chi connectivity index (χ0n) is 22.1. The number of carbonyl (C=O) groups excluding carboxylic acids is 1. The number of nitrogens with one attached hydrogen (secondary N) is 2. The van der Waals surface area contributed by atoms with Crippen molar-refractivity contribution in [1.82, 2.24) is 20.2 Å². The predicted molar refractivity (Wildman–Crippen MR) is 148 cm³/mol. The quantitative estimate of drug-likeness (QED) is 0.227. The molecule has 8 nitrogen and oxygen atoms in total. The molecule has 0 fully saturated rings. The molecule has 1 amide bonds. The molecule has 0 aliphatic carbocycles. The molecule has 0 aliphatic heterocycles. The first-order chi connectivity index (χ1) is 19.1. The van der Waals surface area contributed by atoms with Crippen LogP contribution in [0.4, 0.5) is 19.0 Å². The van der Waals surface area contributed by atoms with E-state index < -0.39 is 23.9 Å². The monoisotopic (exact) mass is 571 g/mol. The molecule has 40 heavy (non-hydrogen) atoms. The van der Waals surface area contributed by atoms with Gasteiger partial charge in [-0.05, 0) is 37.7 Å². The van der Waals surface area contributed by atoms with Crippen molar-refractivity contribution >= 4 is 33.3 Å². The summed E-state index contributed by atoms with van der Waals surface area (Å²) in [6, 6.07) is 12.4. The molecule has 0 aliphatic rings. The van der Waals surface area contributed by atoms with E-state index in [9.17, 15) is 18.0 Å². The van der Waals surface area contributed by atoms with E-state index in [1.165, 1.54) is 6.07 Å². The Bertz CT molecular complexity index is 1530. The van der Waals surface area contributed by atoms with Gasteiger partial charge in [0.25, 0.3) is 5.91 Å². The van der Waals surface area contributed by atoms with E-state index in [-0.39, 0.29) is 27.5 Å². The van der Waals surface area contributed by atoms with Gasteiger partial charge in [0, 0.05) is 25.8 Å². The second-order valence-corrected chi connectivity index (χ2v) is 10.1. The highest BCUT2D eigenvalue weighted by Crippen LogP contribution is 2.36.